The molecule has 0 aliphatic rings. The van der Waals surface area contributed by atoms with Crippen LogP contribution in [0.1, 0.15) is 42.5 Å². The minimum Gasteiger partial charge on any atom is -0.349 e. The van der Waals surface area contributed by atoms with Crippen LogP contribution in [-0.4, -0.2) is 26.1 Å². The molecule has 0 aliphatic heterocycles. The molecule has 1 aromatic heterocycles. The van der Waals surface area contributed by atoms with Crippen molar-refractivity contribution in [1.82, 2.24) is 25.5 Å². The van der Waals surface area contributed by atoms with Crippen LogP contribution in [0.3, 0.4) is 0 Å². The van der Waals surface area contributed by atoms with Gasteiger partial charge >= 0.3 is 6.18 Å². The van der Waals surface area contributed by atoms with E-state index in [9.17, 15) is 18.0 Å². The predicted molar refractivity (Wildman–Crippen MR) is 100 cm³/mol. The SMILES string of the molecule is CCCC(NC(=O)Cc1ccc(-n2cnnn2)cc1)c1cccc(C(F)(F)F)c1. The number of aromatic nitrogens is 4. The first-order valence-electron chi connectivity index (χ1n) is 9.15. The molecule has 9 heteroatoms. The van der Waals surface area contributed by atoms with Crippen molar-refractivity contribution < 1.29 is 18.0 Å². The molecule has 2 aromatic carbocycles. The van der Waals surface area contributed by atoms with Crippen LogP contribution < -0.4 is 5.32 Å². The molecular formula is C20H20F3N5O. The zero-order valence-electron chi connectivity index (χ0n) is 15.7. The summed E-state index contributed by atoms with van der Waals surface area (Å²) in [5, 5.41) is 13.8. The summed E-state index contributed by atoms with van der Waals surface area (Å²) in [4.78, 5) is 12.5. The maximum atomic E-state index is 13.0. The molecule has 0 saturated carbocycles. The highest BCUT2D eigenvalue weighted by Gasteiger charge is 2.31. The first-order valence-corrected chi connectivity index (χ1v) is 9.15. The molecule has 0 bridgehead atoms. The van der Waals surface area contributed by atoms with Crippen LogP contribution >= 0.6 is 0 Å². The van der Waals surface area contributed by atoms with Crippen LogP contribution in [0.2, 0.25) is 0 Å². The summed E-state index contributed by atoms with van der Waals surface area (Å²) in [5.41, 5.74) is 1.26. The van der Waals surface area contributed by atoms with Gasteiger partial charge in [0, 0.05) is 0 Å². The smallest absolute Gasteiger partial charge is 0.349 e. The van der Waals surface area contributed by atoms with Gasteiger partial charge in [-0.3, -0.25) is 4.79 Å². The van der Waals surface area contributed by atoms with E-state index >= 15 is 0 Å². The van der Waals surface area contributed by atoms with Crippen LogP contribution in [0.25, 0.3) is 5.69 Å². The van der Waals surface area contributed by atoms with Crippen molar-refractivity contribution in [3.63, 3.8) is 0 Å². The maximum absolute atomic E-state index is 13.0. The molecule has 1 heterocycles. The Labute approximate surface area is 165 Å². The van der Waals surface area contributed by atoms with E-state index in [1.54, 1.807) is 30.3 Å². The van der Waals surface area contributed by atoms with E-state index in [1.165, 1.54) is 17.1 Å². The number of carbonyl (C=O) groups is 1. The summed E-state index contributed by atoms with van der Waals surface area (Å²) in [6.45, 7) is 1.92. The molecule has 0 aliphatic carbocycles. The third-order valence-electron chi connectivity index (χ3n) is 4.44. The van der Waals surface area contributed by atoms with Gasteiger partial charge in [-0.2, -0.15) is 13.2 Å². The van der Waals surface area contributed by atoms with Crippen molar-refractivity contribution in [1.29, 1.82) is 0 Å². The number of nitrogens with zero attached hydrogens (tertiary/aromatic N) is 4. The highest BCUT2D eigenvalue weighted by atomic mass is 19.4. The first kappa shape index (κ1) is 20.5. The molecule has 1 N–H and O–H groups in total. The highest BCUT2D eigenvalue weighted by molar-refractivity contribution is 5.79. The Hall–Kier alpha value is -3.23. The fourth-order valence-corrected chi connectivity index (χ4v) is 3.02. The Balaban J connectivity index is 1.68. The second-order valence-electron chi connectivity index (χ2n) is 6.63. The van der Waals surface area contributed by atoms with Crippen molar-refractivity contribution in [2.24, 2.45) is 0 Å². The topological polar surface area (TPSA) is 72.7 Å². The van der Waals surface area contributed by atoms with Crippen molar-refractivity contribution in [3.8, 4) is 5.69 Å². The number of benzene rings is 2. The van der Waals surface area contributed by atoms with Gasteiger partial charge in [-0.1, -0.05) is 37.6 Å². The van der Waals surface area contributed by atoms with E-state index in [0.717, 1.165) is 29.8 Å². The summed E-state index contributed by atoms with van der Waals surface area (Å²) in [7, 11) is 0. The van der Waals surface area contributed by atoms with Crippen LogP contribution in [0, 0.1) is 0 Å². The second-order valence-corrected chi connectivity index (χ2v) is 6.63. The maximum Gasteiger partial charge on any atom is 0.416 e. The van der Waals surface area contributed by atoms with Crippen LogP contribution in [0.5, 0.6) is 0 Å². The molecule has 1 amide bonds. The monoisotopic (exact) mass is 403 g/mol. The summed E-state index contributed by atoms with van der Waals surface area (Å²) in [6.07, 6.45) is -1.56. The van der Waals surface area contributed by atoms with Crippen molar-refractivity contribution in [3.05, 3.63) is 71.5 Å². The number of alkyl halides is 3. The Kier molecular flexibility index (Phi) is 6.26. The molecule has 3 aromatic rings. The van der Waals surface area contributed by atoms with E-state index in [2.05, 4.69) is 20.8 Å². The van der Waals surface area contributed by atoms with Crippen LogP contribution in [0.4, 0.5) is 13.2 Å². The third-order valence-corrected chi connectivity index (χ3v) is 4.44. The van der Waals surface area contributed by atoms with Gasteiger partial charge in [0.1, 0.15) is 6.33 Å². The van der Waals surface area contributed by atoms with Crippen molar-refractivity contribution in [2.45, 2.75) is 38.4 Å². The van der Waals surface area contributed by atoms with Gasteiger partial charge in [-0.15, -0.1) is 5.10 Å². The number of halogens is 3. The molecule has 0 saturated heterocycles. The summed E-state index contributed by atoms with van der Waals surface area (Å²) in [6, 6.07) is 11.8. The quantitative estimate of drug-likeness (QED) is 0.650. The lowest BCUT2D eigenvalue weighted by Crippen LogP contribution is -2.30. The van der Waals surface area contributed by atoms with Gasteiger partial charge in [0.2, 0.25) is 5.91 Å². The normalized spacial score (nSPS) is 12.6. The van der Waals surface area contributed by atoms with Gasteiger partial charge in [0.25, 0.3) is 0 Å². The standard InChI is InChI=1S/C20H20F3N5O/c1-2-4-18(15-5-3-6-16(12-15)20(21,22)23)25-19(29)11-14-7-9-17(10-8-14)28-13-24-26-27-28/h3,5-10,12-13,18H,2,4,11H2,1H3,(H,25,29). The van der Waals surface area contributed by atoms with Gasteiger partial charge in [-0.25, -0.2) is 4.68 Å². The van der Waals surface area contributed by atoms with Crippen molar-refractivity contribution >= 4 is 5.91 Å². The number of amides is 1. The number of nitrogens with one attached hydrogen (secondary N) is 1. The van der Waals surface area contributed by atoms with E-state index < -0.39 is 17.8 Å². The number of tetrazole rings is 1. The molecule has 0 fully saturated rings. The average molecular weight is 403 g/mol. The molecule has 0 radical (unpaired) electrons. The minimum atomic E-state index is -4.42. The molecular weight excluding hydrogens is 383 g/mol. The van der Waals surface area contributed by atoms with Crippen LogP contribution in [0.15, 0.2) is 54.9 Å². The molecule has 6 nitrogen and oxygen atoms in total. The fraction of sp³-hybridized carbons (Fsp3) is 0.300. The number of rotatable bonds is 7. The van der Waals surface area contributed by atoms with Gasteiger partial charge in [-0.05, 0) is 52.2 Å². The number of hydrogen-bond donors (Lipinski definition) is 1. The molecule has 1 unspecified atom stereocenters. The molecule has 1 atom stereocenters. The van der Waals surface area contributed by atoms with Gasteiger partial charge in [0.05, 0.1) is 23.7 Å². The summed E-state index contributed by atoms with van der Waals surface area (Å²) >= 11 is 0. The van der Waals surface area contributed by atoms with E-state index in [0.29, 0.717) is 12.0 Å². The lowest BCUT2D eigenvalue weighted by Gasteiger charge is -2.20. The van der Waals surface area contributed by atoms with Gasteiger partial charge in [0.15, 0.2) is 0 Å². The fourth-order valence-electron chi connectivity index (χ4n) is 3.02. The molecule has 3 rings (SSSR count). The Bertz CT molecular complexity index is 940. The highest BCUT2D eigenvalue weighted by Crippen LogP contribution is 2.31. The summed E-state index contributed by atoms with van der Waals surface area (Å²) in [5.74, 6) is -0.254. The predicted octanol–water partition coefficient (Wildman–Crippen LogP) is 3.88. The van der Waals surface area contributed by atoms with E-state index in [-0.39, 0.29) is 12.3 Å². The summed E-state index contributed by atoms with van der Waals surface area (Å²) < 4.78 is 40.5. The minimum absolute atomic E-state index is 0.120. The zero-order chi connectivity index (χ0) is 20.9. The number of hydrogen-bond acceptors (Lipinski definition) is 4. The lowest BCUT2D eigenvalue weighted by molar-refractivity contribution is -0.137. The zero-order valence-corrected chi connectivity index (χ0v) is 15.7. The van der Waals surface area contributed by atoms with Crippen LogP contribution in [-0.2, 0) is 17.4 Å². The largest absolute Gasteiger partial charge is 0.416 e. The lowest BCUT2D eigenvalue weighted by atomic mass is 9.99. The van der Waals surface area contributed by atoms with E-state index in [1.807, 2.05) is 6.92 Å². The average Bonchev–Trinajstić information content (AvgIpc) is 3.22. The first-order chi connectivity index (χ1) is 13.9. The molecule has 152 valence electrons. The molecule has 29 heavy (non-hydrogen) atoms. The van der Waals surface area contributed by atoms with Crippen molar-refractivity contribution in [2.75, 3.05) is 0 Å². The Morgan fingerprint density at radius 3 is 2.55 bits per heavy atom. The van der Waals surface area contributed by atoms with E-state index in [4.69, 9.17) is 0 Å². The Morgan fingerprint density at radius 2 is 1.93 bits per heavy atom. The number of carbonyl (C=O) groups excluding carboxylic acids is 1. The van der Waals surface area contributed by atoms with Gasteiger partial charge < -0.3 is 5.32 Å². The molecule has 0 spiro atoms. The third kappa shape index (κ3) is 5.40. The Morgan fingerprint density at radius 1 is 1.17 bits per heavy atom. The second kappa shape index (κ2) is 8.85.